The summed E-state index contributed by atoms with van der Waals surface area (Å²) >= 11 is 0. The van der Waals surface area contributed by atoms with Crippen molar-refractivity contribution in [2.75, 3.05) is 6.54 Å². The molecule has 1 atom stereocenters. The molecule has 17 heavy (non-hydrogen) atoms. The normalized spacial score (nSPS) is 12.6. The number of nitrogens with two attached hydrogens (primary N) is 1. The van der Waals surface area contributed by atoms with E-state index in [9.17, 15) is 9.18 Å². The minimum absolute atomic E-state index is 0.0437. The highest BCUT2D eigenvalue weighted by Crippen LogP contribution is 2.22. The number of carboxylic acids is 1. The number of fused-ring (bicyclic) bond motifs is 1. The van der Waals surface area contributed by atoms with Crippen LogP contribution in [0.2, 0.25) is 0 Å². The molecule has 0 heterocycles. The summed E-state index contributed by atoms with van der Waals surface area (Å²) in [7, 11) is 0. The molecule has 0 aromatic heterocycles. The van der Waals surface area contributed by atoms with Gasteiger partial charge in [-0.3, -0.25) is 4.79 Å². The van der Waals surface area contributed by atoms with Crippen LogP contribution in [-0.4, -0.2) is 17.6 Å². The van der Waals surface area contributed by atoms with Crippen LogP contribution in [0.5, 0.6) is 0 Å². The average Bonchev–Trinajstić information content (AvgIpc) is 2.29. The molecule has 3 N–H and O–H groups in total. The van der Waals surface area contributed by atoms with E-state index in [-0.39, 0.29) is 12.4 Å². The Kier molecular flexibility index (Phi) is 3.06. The molecule has 0 fully saturated rings. The van der Waals surface area contributed by atoms with Crippen molar-refractivity contribution in [2.45, 2.75) is 5.92 Å². The molecule has 0 amide bonds. The number of halogens is 1. The molecule has 0 saturated heterocycles. The highest BCUT2D eigenvalue weighted by Gasteiger charge is 2.17. The van der Waals surface area contributed by atoms with Crippen LogP contribution in [0.3, 0.4) is 0 Å². The van der Waals surface area contributed by atoms with E-state index in [0.29, 0.717) is 5.56 Å². The van der Waals surface area contributed by atoms with Gasteiger partial charge in [0.1, 0.15) is 5.82 Å². The van der Waals surface area contributed by atoms with Crippen LogP contribution < -0.4 is 5.73 Å². The number of rotatable bonds is 3. The molecule has 0 aliphatic carbocycles. The summed E-state index contributed by atoms with van der Waals surface area (Å²) in [5, 5.41) is 10.6. The highest BCUT2D eigenvalue weighted by molar-refractivity contribution is 5.85. The number of benzene rings is 2. The number of carboxylic acid groups (broad SMARTS) is 1. The van der Waals surface area contributed by atoms with Gasteiger partial charge < -0.3 is 10.8 Å². The van der Waals surface area contributed by atoms with Gasteiger partial charge in [-0.2, -0.15) is 0 Å². The van der Waals surface area contributed by atoms with Gasteiger partial charge in [-0.15, -0.1) is 0 Å². The standard InChI is InChI=1S/C13H12FNO2/c14-11-4-3-8-5-10(2-1-9(8)6-11)12(7-15)13(16)17/h1-6,12H,7,15H2,(H,16,17). The maximum absolute atomic E-state index is 13.0. The Morgan fingerprint density at radius 1 is 1.24 bits per heavy atom. The molecule has 88 valence electrons. The molecule has 0 radical (unpaired) electrons. The van der Waals surface area contributed by atoms with Crippen LogP contribution in [0, 0.1) is 5.82 Å². The molecule has 2 aromatic carbocycles. The number of carbonyl (C=O) groups is 1. The summed E-state index contributed by atoms with van der Waals surface area (Å²) in [5.74, 6) is -1.97. The van der Waals surface area contributed by atoms with E-state index >= 15 is 0 Å². The largest absolute Gasteiger partial charge is 0.481 e. The summed E-state index contributed by atoms with van der Waals surface area (Å²) in [6.45, 7) is 0.0437. The van der Waals surface area contributed by atoms with Gasteiger partial charge in [-0.25, -0.2) is 4.39 Å². The fourth-order valence-electron chi connectivity index (χ4n) is 1.83. The second-order valence-corrected chi connectivity index (χ2v) is 3.88. The SMILES string of the molecule is NCC(C(=O)O)c1ccc2cc(F)ccc2c1. The quantitative estimate of drug-likeness (QED) is 0.853. The third-order valence-corrected chi connectivity index (χ3v) is 2.76. The van der Waals surface area contributed by atoms with Crippen molar-refractivity contribution in [2.24, 2.45) is 5.73 Å². The lowest BCUT2D eigenvalue weighted by molar-refractivity contribution is -0.138. The summed E-state index contributed by atoms with van der Waals surface area (Å²) in [6.07, 6.45) is 0. The Balaban J connectivity index is 2.50. The fourth-order valence-corrected chi connectivity index (χ4v) is 1.83. The van der Waals surface area contributed by atoms with E-state index in [1.165, 1.54) is 12.1 Å². The van der Waals surface area contributed by atoms with Gasteiger partial charge in [0.15, 0.2) is 0 Å². The van der Waals surface area contributed by atoms with E-state index < -0.39 is 11.9 Å². The lowest BCUT2D eigenvalue weighted by Crippen LogP contribution is -2.20. The van der Waals surface area contributed by atoms with Crippen molar-refractivity contribution in [3.8, 4) is 0 Å². The second-order valence-electron chi connectivity index (χ2n) is 3.88. The third-order valence-electron chi connectivity index (χ3n) is 2.76. The van der Waals surface area contributed by atoms with E-state index in [0.717, 1.165) is 10.8 Å². The molecule has 0 bridgehead atoms. The van der Waals surface area contributed by atoms with E-state index in [1.807, 2.05) is 0 Å². The van der Waals surface area contributed by atoms with Gasteiger partial charge in [-0.1, -0.05) is 24.3 Å². The van der Waals surface area contributed by atoms with Gasteiger partial charge in [0.25, 0.3) is 0 Å². The Bertz CT molecular complexity index is 568. The average molecular weight is 233 g/mol. The first kappa shape index (κ1) is 11.5. The topological polar surface area (TPSA) is 63.3 Å². The minimum atomic E-state index is -0.950. The van der Waals surface area contributed by atoms with Crippen molar-refractivity contribution in [1.82, 2.24) is 0 Å². The maximum atomic E-state index is 13.0. The van der Waals surface area contributed by atoms with Crippen LogP contribution in [0.1, 0.15) is 11.5 Å². The fraction of sp³-hybridized carbons (Fsp3) is 0.154. The van der Waals surface area contributed by atoms with E-state index in [1.54, 1.807) is 24.3 Å². The monoisotopic (exact) mass is 233 g/mol. The predicted octanol–water partition coefficient (Wildman–Crippen LogP) is 2.11. The summed E-state index contributed by atoms with van der Waals surface area (Å²) < 4.78 is 13.0. The first-order chi connectivity index (χ1) is 8.11. The lowest BCUT2D eigenvalue weighted by atomic mass is 9.96. The van der Waals surface area contributed by atoms with Crippen molar-refractivity contribution in [1.29, 1.82) is 0 Å². The Morgan fingerprint density at radius 2 is 1.88 bits per heavy atom. The number of hydrogen-bond acceptors (Lipinski definition) is 2. The Labute approximate surface area is 97.7 Å². The molecule has 0 aliphatic rings. The zero-order valence-electron chi connectivity index (χ0n) is 9.06. The zero-order valence-corrected chi connectivity index (χ0v) is 9.06. The zero-order chi connectivity index (χ0) is 12.4. The first-order valence-electron chi connectivity index (χ1n) is 5.24. The molecule has 2 rings (SSSR count). The molecule has 0 aliphatic heterocycles. The third kappa shape index (κ3) is 2.26. The molecule has 2 aromatic rings. The van der Waals surface area contributed by atoms with Crippen LogP contribution in [0.4, 0.5) is 4.39 Å². The van der Waals surface area contributed by atoms with Crippen LogP contribution in [0.15, 0.2) is 36.4 Å². The Hall–Kier alpha value is -1.94. The highest BCUT2D eigenvalue weighted by atomic mass is 19.1. The van der Waals surface area contributed by atoms with Gasteiger partial charge in [0.05, 0.1) is 5.92 Å². The van der Waals surface area contributed by atoms with Crippen LogP contribution in [0.25, 0.3) is 10.8 Å². The smallest absolute Gasteiger partial charge is 0.312 e. The van der Waals surface area contributed by atoms with Gasteiger partial charge in [0, 0.05) is 6.54 Å². The number of hydrogen-bond donors (Lipinski definition) is 2. The maximum Gasteiger partial charge on any atom is 0.312 e. The summed E-state index contributed by atoms with van der Waals surface area (Å²) in [5.41, 5.74) is 6.07. The lowest BCUT2D eigenvalue weighted by Gasteiger charge is -2.10. The van der Waals surface area contributed by atoms with Crippen LogP contribution in [-0.2, 0) is 4.79 Å². The predicted molar refractivity (Wildman–Crippen MR) is 63.3 cm³/mol. The molecule has 4 heteroatoms. The first-order valence-corrected chi connectivity index (χ1v) is 5.24. The number of aliphatic carboxylic acids is 1. The van der Waals surface area contributed by atoms with Crippen LogP contribution >= 0.6 is 0 Å². The van der Waals surface area contributed by atoms with Gasteiger partial charge in [-0.05, 0) is 28.5 Å². The van der Waals surface area contributed by atoms with E-state index in [4.69, 9.17) is 10.8 Å². The molecule has 0 saturated carbocycles. The molecule has 1 unspecified atom stereocenters. The van der Waals surface area contributed by atoms with Gasteiger partial charge >= 0.3 is 5.97 Å². The Morgan fingerprint density at radius 3 is 2.53 bits per heavy atom. The van der Waals surface area contributed by atoms with Crippen molar-refractivity contribution in [3.63, 3.8) is 0 Å². The van der Waals surface area contributed by atoms with Crippen molar-refractivity contribution < 1.29 is 14.3 Å². The van der Waals surface area contributed by atoms with Crippen molar-refractivity contribution >= 4 is 16.7 Å². The van der Waals surface area contributed by atoms with Crippen molar-refractivity contribution in [3.05, 3.63) is 47.8 Å². The summed E-state index contributed by atoms with van der Waals surface area (Å²) in [6, 6.07) is 9.51. The molecular formula is C13H12FNO2. The van der Waals surface area contributed by atoms with E-state index in [2.05, 4.69) is 0 Å². The molecule has 3 nitrogen and oxygen atoms in total. The minimum Gasteiger partial charge on any atom is -0.481 e. The summed E-state index contributed by atoms with van der Waals surface area (Å²) in [4.78, 5) is 11.0. The molecule has 0 spiro atoms. The molecular weight excluding hydrogens is 221 g/mol. The van der Waals surface area contributed by atoms with Gasteiger partial charge in [0.2, 0.25) is 0 Å². The second kappa shape index (κ2) is 4.51.